The zero-order valence-corrected chi connectivity index (χ0v) is 25.2. The molecule has 2 heterocycles. The lowest BCUT2D eigenvalue weighted by Crippen LogP contribution is -2.44. The molecule has 234 valence electrons. The van der Waals surface area contributed by atoms with Gasteiger partial charge in [0.2, 0.25) is 0 Å². The van der Waals surface area contributed by atoms with Crippen molar-refractivity contribution in [1.82, 2.24) is 9.13 Å². The maximum atomic E-state index is 13.3. The molecule has 3 aromatic carbocycles. The van der Waals surface area contributed by atoms with E-state index in [4.69, 9.17) is 24.2 Å². The van der Waals surface area contributed by atoms with Crippen molar-refractivity contribution in [3.8, 4) is 17.6 Å². The number of nitriles is 1. The molecule has 1 fully saturated rings. The Morgan fingerprint density at radius 3 is 1.96 bits per heavy atom. The van der Waals surface area contributed by atoms with Crippen molar-refractivity contribution in [2.45, 2.75) is 50.0 Å². The van der Waals surface area contributed by atoms with Crippen LogP contribution in [0.1, 0.15) is 34.9 Å². The Kier molecular flexibility index (Phi) is 9.51. The molecule has 4 aromatic rings. The van der Waals surface area contributed by atoms with Gasteiger partial charge < -0.3 is 29.2 Å². The number of methoxy groups -OCH3 is 2. The molecule has 0 saturated carbocycles. The average Bonchev–Trinajstić information content (AvgIpc) is 3.36. The molecule has 0 radical (unpaired) electrons. The van der Waals surface area contributed by atoms with Gasteiger partial charge in [-0.2, -0.15) is 5.26 Å². The molecule has 1 aromatic heterocycles. The number of aromatic nitrogens is 2. The highest BCUT2D eigenvalue weighted by atomic mass is 16.6. The normalized spacial score (nSPS) is 19.6. The number of aliphatic hydroxyl groups excluding tert-OH is 2. The fraction of sp³-hybridized carbons (Fsp3) is 0.324. The van der Waals surface area contributed by atoms with Crippen molar-refractivity contribution in [2.75, 3.05) is 20.8 Å². The molecule has 0 bridgehead atoms. The first-order chi connectivity index (χ1) is 21.7. The highest BCUT2D eigenvalue weighted by Crippen LogP contribution is 2.42. The van der Waals surface area contributed by atoms with Gasteiger partial charge in [-0.1, -0.05) is 54.6 Å². The Morgan fingerprint density at radius 1 is 0.867 bits per heavy atom. The van der Waals surface area contributed by atoms with Crippen LogP contribution < -0.4 is 20.7 Å². The van der Waals surface area contributed by atoms with Gasteiger partial charge in [0, 0.05) is 18.3 Å². The first kappa shape index (κ1) is 31.7. The number of nitrogens with zero attached hydrogens (tertiary/aromatic N) is 3. The molecule has 1 aliphatic rings. The van der Waals surface area contributed by atoms with Crippen LogP contribution in [0.3, 0.4) is 0 Å². The summed E-state index contributed by atoms with van der Waals surface area (Å²) in [5.74, 6) is 1.32. The quantitative estimate of drug-likeness (QED) is 0.244. The number of hydrogen-bond donors (Lipinski definition) is 2. The van der Waals surface area contributed by atoms with E-state index in [9.17, 15) is 19.8 Å². The monoisotopic (exact) mass is 613 g/mol. The van der Waals surface area contributed by atoms with E-state index in [0.29, 0.717) is 11.5 Å². The van der Waals surface area contributed by atoms with Gasteiger partial charge in [0.25, 0.3) is 5.56 Å². The largest absolute Gasteiger partial charge is 0.497 e. The fourth-order valence-electron chi connectivity index (χ4n) is 5.68. The second kappa shape index (κ2) is 13.5. The molecular formula is C34H35N3O8. The lowest BCUT2D eigenvalue weighted by molar-refractivity contribution is -0.0961. The minimum atomic E-state index is -1.51. The molecule has 11 heteroatoms. The Balaban J connectivity index is 1.55. The smallest absolute Gasteiger partial charge is 0.333 e. The summed E-state index contributed by atoms with van der Waals surface area (Å²) < 4.78 is 25.7. The predicted octanol–water partition coefficient (Wildman–Crippen LogP) is 2.88. The number of ether oxygens (including phenoxy) is 4. The van der Waals surface area contributed by atoms with Gasteiger partial charge in [-0.25, -0.2) is 4.79 Å². The first-order valence-electron chi connectivity index (χ1n) is 14.4. The van der Waals surface area contributed by atoms with Gasteiger partial charge in [0.05, 0.1) is 33.3 Å². The number of aryl methyl sites for hydroxylation is 1. The van der Waals surface area contributed by atoms with Gasteiger partial charge >= 0.3 is 5.69 Å². The Morgan fingerprint density at radius 2 is 1.42 bits per heavy atom. The summed E-state index contributed by atoms with van der Waals surface area (Å²) >= 11 is 0. The Hall–Kier alpha value is -4.73. The topological polar surface area (TPSA) is 145 Å². The van der Waals surface area contributed by atoms with Gasteiger partial charge in [-0.15, -0.1) is 0 Å². The lowest BCUT2D eigenvalue weighted by atomic mass is 9.80. The van der Waals surface area contributed by atoms with E-state index in [1.54, 1.807) is 14.2 Å². The molecule has 0 unspecified atom stereocenters. The molecule has 2 N–H and O–H groups in total. The van der Waals surface area contributed by atoms with E-state index >= 15 is 0 Å². The summed E-state index contributed by atoms with van der Waals surface area (Å²) in [6, 6.07) is 26.4. The standard InChI is InChI=1S/C34H35N3O8/c1-22-20-37(33(41)36(31(22)40)19-7-18-35)32-30(39)29(38)28(45-32)21-44-34(23-8-5-4-6-9-23,24-10-14-26(42-2)15-11-24)25-12-16-27(43-3)17-13-25/h4-6,8-17,20,28-30,32,38-39H,7,19,21H2,1-3H3/t28-,29-,30-,32-/m1/s1. The van der Waals surface area contributed by atoms with Crippen molar-refractivity contribution >= 4 is 0 Å². The van der Waals surface area contributed by atoms with E-state index in [2.05, 4.69) is 0 Å². The van der Waals surface area contributed by atoms with Crippen LogP contribution in [0.4, 0.5) is 0 Å². The average molecular weight is 614 g/mol. The minimum Gasteiger partial charge on any atom is -0.497 e. The third kappa shape index (κ3) is 6.01. The van der Waals surface area contributed by atoms with Crippen LogP contribution >= 0.6 is 0 Å². The van der Waals surface area contributed by atoms with E-state index in [1.165, 1.54) is 13.1 Å². The molecule has 4 atom stereocenters. The summed E-state index contributed by atoms with van der Waals surface area (Å²) in [5, 5.41) is 31.2. The molecule has 45 heavy (non-hydrogen) atoms. The van der Waals surface area contributed by atoms with Crippen LogP contribution in [0.15, 0.2) is 94.6 Å². The molecule has 0 amide bonds. The van der Waals surface area contributed by atoms with Crippen LogP contribution in [-0.2, 0) is 21.6 Å². The summed E-state index contributed by atoms with van der Waals surface area (Å²) in [6.07, 6.45) is -4.06. The Bertz CT molecular complexity index is 1710. The highest BCUT2D eigenvalue weighted by Gasteiger charge is 2.47. The molecule has 5 rings (SSSR count). The molecular weight excluding hydrogens is 578 g/mol. The van der Waals surface area contributed by atoms with E-state index in [1.807, 2.05) is 84.9 Å². The van der Waals surface area contributed by atoms with Crippen molar-refractivity contribution in [2.24, 2.45) is 0 Å². The molecule has 11 nitrogen and oxygen atoms in total. The predicted molar refractivity (Wildman–Crippen MR) is 164 cm³/mol. The third-order valence-electron chi connectivity index (χ3n) is 8.06. The van der Waals surface area contributed by atoms with Gasteiger partial charge in [0.15, 0.2) is 6.23 Å². The second-order valence-electron chi connectivity index (χ2n) is 10.7. The van der Waals surface area contributed by atoms with Gasteiger partial charge in [0.1, 0.15) is 35.4 Å². The van der Waals surface area contributed by atoms with Crippen molar-refractivity contribution in [3.63, 3.8) is 0 Å². The maximum Gasteiger partial charge on any atom is 0.333 e. The van der Waals surface area contributed by atoms with Gasteiger partial charge in [-0.05, 0) is 47.9 Å². The van der Waals surface area contributed by atoms with Crippen LogP contribution in [0.25, 0.3) is 0 Å². The summed E-state index contributed by atoms with van der Waals surface area (Å²) in [6.45, 7) is 1.22. The summed E-state index contributed by atoms with van der Waals surface area (Å²) in [7, 11) is 3.17. The number of hydrogen-bond acceptors (Lipinski definition) is 9. The van der Waals surface area contributed by atoms with Crippen LogP contribution in [0.2, 0.25) is 0 Å². The lowest BCUT2D eigenvalue weighted by Gasteiger charge is -2.37. The van der Waals surface area contributed by atoms with Gasteiger partial charge in [-0.3, -0.25) is 13.9 Å². The second-order valence-corrected chi connectivity index (χ2v) is 10.7. The number of benzene rings is 3. The minimum absolute atomic E-state index is 0.0515. The molecule has 0 spiro atoms. The highest BCUT2D eigenvalue weighted by molar-refractivity contribution is 5.49. The molecule has 1 saturated heterocycles. The van der Waals surface area contributed by atoms with Crippen LogP contribution in [-0.4, -0.2) is 58.5 Å². The summed E-state index contributed by atoms with van der Waals surface area (Å²) in [4.78, 5) is 25.9. The van der Waals surface area contributed by atoms with E-state index < -0.39 is 41.4 Å². The first-order valence-corrected chi connectivity index (χ1v) is 14.4. The van der Waals surface area contributed by atoms with E-state index in [0.717, 1.165) is 25.8 Å². The fourth-order valence-corrected chi connectivity index (χ4v) is 5.68. The maximum absolute atomic E-state index is 13.3. The molecule has 0 aliphatic carbocycles. The van der Waals surface area contributed by atoms with Crippen LogP contribution in [0, 0.1) is 18.3 Å². The zero-order valence-electron chi connectivity index (χ0n) is 25.2. The zero-order chi connectivity index (χ0) is 32.1. The number of rotatable bonds is 11. The Labute approximate surface area is 260 Å². The number of aliphatic hydroxyl groups is 2. The van der Waals surface area contributed by atoms with Crippen molar-refractivity contribution < 1.29 is 29.2 Å². The summed E-state index contributed by atoms with van der Waals surface area (Å²) in [5.41, 5.74) is 0.0475. The van der Waals surface area contributed by atoms with Crippen molar-refractivity contribution in [1.29, 1.82) is 5.26 Å². The molecule has 1 aliphatic heterocycles. The van der Waals surface area contributed by atoms with Crippen molar-refractivity contribution in [3.05, 3.63) is 128 Å². The SMILES string of the molecule is COc1ccc(C(OC[C@H]2O[C@@H](n3cc(C)c(=O)n(CCC#N)c3=O)[C@H](O)[C@@H]2O)(c2ccccc2)c2ccc(OC)cc2)cc1. The van der Waals surface area contributed by atoms with E-state index in [-0.39, 0.29) is 25.1 Å². The third-order valence-corrected chi connectivity index (χ3v) is 8.06. The van der Waals surface area contributed by atoms with Crippen LogP contribution in [0.5, 0.6) is 11.5 Å².